The summed E-state index contributed by atoms with van der Waals surface area (Å²) in [5.74, 6) is 0. The van der Waals surface area contributed by atoms with Gasteiger partial charge < -0.3 is 15.8 Å². The standard InChI is InChI=1S/C14H21N3O2S/c1-13(2,3)19-12(18)17-9-14(4,8-16)11-6-5-10(7-15)20-11/h5-6H,8-9,16H2,1-4H3,(H,17,18). The van der Waals surface area contributed by atoms with Gasteiger partial charge >= 0.3 is 6.09 Å². The molecule has 0 bridgehead atoms. The van der Waals surface area contributed by atoms with Crippen molar-refractivity contribution in [3.05, 3.63) is 21.9 Å². The molecule has 3 N–H and O–H groups in total. The van der Waals surface area contributed by atoms with Crippen molar-refractivity contribution in [1.82, 2.24) is 5.32 Å². The van der Waals surface area contributed by atoms with E-state index in [1.807, 2.05) is 33.8 Å². The van der Waals surface area contributed by atoms with E-state index < -0.39 is 17.1 Å². The normalized spacial score (nSPS) is 14.2. The number of carbonyl (C=O) groups is 1. The van der Waals surface area contributed by atoms with Crippen LogP contribution in [0.1, 0.15) is 37.4 Å². The molecule has 1 aromatic rings. The molecule has 20 heavy (non-hydrogen) atoms. The number of amides is 1. The van der Waals surface area contributed by atoms with Crippen LogP contribution in [0.5, 0.6) is 0 Å². The maximum Gasteiger partial charge on any atom is 0.407 e. The molecule has 0 fully saturated rings. The van der Waals surface area contributed by atoms with Gasteiger partial charge in [-0.05, 0) is 32.9 Å². The van der Waals surface area contributed by atoms with Crippen molar-refractivity contribution in [3.8, 4) is 6.07 Å². The van der Waals surface area contributed by atoms with Crippen LogP contribution in [-0.2, 0) is 10.2 Å². The van der Waals surface area contributed by atoms with Crippen molar-refractivity contribution in [2.75, 3.05) is 13.1 Å². The lowest BCUT2D eigenvalue weighted by molar-refractivity contribution is 0.0517. The Morgan fingerprint density at radius 3 is 2.55 bits per heavy atom. The Morgan fingerprint density at radius 1 is 1.45 bits per heavy atom. The second kappa shape index (κ2) is 6.25. The molecule has 0 radical (unpaired) electrons. The zero-order chi connectivity index (χ0) is 15.4. The highest BCUT2D eigenvalue weighted by Crippen LogP contribution is 2.29. The highest BCUT2D eigenvalue weighted by atomic mass is 32.1. The second-order valence-corrected chi connectivity index (χ2v) is 6.98. The average molecular weight is 295 g/mol. The Bertz CT molecular complexity index is 513. The fourth-order valence-electron chi connectivity index (χ4n) is 1.56. The van der Waals surface area contributed by atoms with Gasteiger partial charge in [0.25, 0.3) is 0 Å². The SMILES string of the molecule is CC(C)(C)OC(=O)NCC(C)(CN)c1ccc(C#N)s1. The van der Waals surface area contributed by atoms with E-state index in [1.54, 1.807) is 6.07 Å². The minimum Gasteiger partial charge on any atom is -0.444 e. The molecule has 1 atom stereocenters. The lowest BCUT2D eigenvalue weighted by atomic mass is 9.89. The van der Waals surface area contributed by atoms with E-state index in [-0.39, 0.29) is 0 Å². The Hall–Kier alpha value is -1.58. The van der Waals surface area contributed by atoms with E-state index in [1.165, 1.54) is 11.3 Å². The van der Waals surface area contributed by atoms with Gasteiger partial charge in [0.2, 0.25) is 0 Å². The molecule has 0 saturated carbocycles. The molecule has 1 rings (SSSR count). The molecular weight excluding hydrogens is 274 g/mol. The van der Waals surface area contributed by atoms with Crippen LogP contribution in [0.25, 0.3) is 0 Å². The molecule has 0 saturated heterocycles. The molecule has 6 heteroatoms. The molecule has 0 aromatic carbocycles. The summed E-state index contributed by atoms with van der Waals surface area (Å²) < 4.78 is 5.20. The van der Waals surface area contributed by atoms with E-state index in [2.05, 4.69) is 11.4 Å². The van der Waals surface area contributed by atoms with Crippen molar-refractivity contribution in [2.45, 2.75) is 38.7 Å². The van der Waals surface area contributed by atoms with Gasteiger partial charge in [0.15, 0.2) is 0 Å². The van der Waals surface area contributed by atoms with Crippen LogP contribution in [0.3, 0.4) is 0 Å². The molecule has 0 spiro atoms. The van der Waals surface area contributed by atoms with Crippen molar-refractivity contribution in [3.63, 3.8) is 0 Å². The first kappa shape index (κ1) is 16.5. The largest absolute Gasteiger partial charge is 0.444 e. The number of nitrogens with zero attached hydrogens (tertiary/aromatic N) is 1. The number of alkyl carbamates (subject to hydrolysis) is 1. The van der Waals surface area contributed by atoms with Crippen LogP contribution in [-0.4, -0.2) is 24.8 Å². The summed E-state index contributed by atoms with van der Waals surface area (Å²) in [6.45, 7) is 8.13. The van der Waals surface area contributed by atoms with Gasteiger partial charge in [-0.1, -0.05) is 6.92 Å². The van der Waals surface area contributed by atoms with Crippen LogP contribution in [0, 0.1) is 11.3 Å². The number of nitriles is 1. The minimum atomic E-state index is -0.528. The summed E-state index contributed by atoms with van der Waals surface area (Å²) >= 11 is 1.40. The highest BCUT2D eigenvalue weighted by Gasteiger charge is 2.28. The van der Waals surface area contributed by atoms with Crippen molar-refractivity contribution in [2.24, 2.45) is 5.73 Å². The molecule has 0 aliphatic heterocycles. The maximum absolute atomic E-state index is 11.7. The summed E-state index contributed by atoms with van der Waals surface area (Å²) in [5.41, 5.74) is 4.90. The summed E-state index contributed by atoms with van der Waals surface area (Å²) in [5, 5.41) is 11.6. The van der Waals surface area contributed by atoms with Crippen molar-refractivity contribution in [1.29, 1.82) is 5.26 Å². The fourth-order valence-corrected chi connectivity index (χ4v) is 2.52. The quantitative estimate of drug-likeness (QED) is 0.892. The Morgan fingerprint density at radius 2 is 2.10 bits per heavy atom. The van der Waals surface area contributed by atoms with Gasteiger partial charge in [-0.3, -0.25) is 0 Å². The van der Waals surface area contributed by atoms with Gasteiger partial charge in [-0.2, -0.15) is 5.26 Å². The summed E-state index contributed by atoms with van der Waals surface area (Å²) in [6.07, 6.45) is -0.464. The molecular formula is C14H21N3O2S. The third-order valence-electron chi connectivity index (χ3n) is 2.78. The van der Waals surface area contributed by atoms with Gasteiger partial charge in [0, 0.05) is 23.4 Å². The zero-order valence-corrected chi connectivity index (χ0v) is 13.1. The number of nitrogens with two attached hydrogens (primary N) is 1. The van der Waals surface area contributed by atoms with Gasteiger partial charge in [0.1, 0.15) is 16.5 Å². The number of ether oxygens (including phenoxy) is 1. The lowest BCUT2D eigenvalue weighted by Gasteiger charge is -2.28. The van der Waals surface area contributed by atoms with E-state index in [9.17, 15) is 4.79 Å². The number of thiophene rings is 1. The van der Waals surface area contributed by atoms with Crippen LogP contribution in [0.2, 0.25) is 0 Å². The first-order chi connectivity index (χ1) is 9.20. The lowest BCUT2D eigenvalue weighted by Crippen LogP contribution is -2.44. The number of nitrogens with one attached hydrogen (secondary N) is 1. The van der Waals surface area contributed by atoms with Gasteiger partial charge in [-0.25, -0.2) is 4.79 Å². The van der Waals surface area contributed by atoms with E-state index >= 15 is 0 Å². The third-order valence-corrected chi connectivity index (χ3v) is 4.08. The summed E-state index contributed by atoms with van der Waals surface area (Å²) in [4.78, 5) is 13.3. The van der Waals surface area contributed by atoms with Crippen LogP contribution < -0.4 is 11.1 Å². The third kappa shape index (κ3) is 4.51. The molecule has 1 heterocycles. The van der Waals surface area contributed by atoms with E-state index in [4.69, 9.17) is 15.7 Å². The Kier molecular flexibility index (Phi) is 5.15. The predicted octanol–water partition coefficient (Wildman–Crippen LogP) is 2.36. The average Bonchev–Trinajstić information content (AvgIpc) is 2.83. The molecule has 110 valence electrons. The number of hydrogen-bond acceptors (Lipinski definition) is 5. The van der Waals surface area contributed by atoms with Crippen LogP contribution in [0.15, 0.2) is 12.1 Å². The predicted molar refractivity (Wildman–Crippen MR) is 79.7 cm³/mol. The second-order valence-electron chi connectivity index (χ2n) is 5.90. The fraction of sp³-hybridized carbons (Fsp3) is 0.571. The maximum atomic E-state index is 11.7. The number of carbonyl (C=O) groups excluding carboxylic acids is 1. The molecule has 0 aliphatic rings. The number of hydrogen-bond donors (Lipinski definition) is 2. The molecule has 1 aromatic heterocycles. The molecule has 1 unspecified atom stereocenters. The van der Waals surface area contributed by atoms with Gasteiger partial charge in [-0.15, -0.1) is 11.3 Å². The van der Waals surface area contributed by atoms with E-state index in [0.717, 1.165) is 4.88 Å². The van der Waals surface area contributed by atoms with Gasteiger partial charge in [0.05, 0.1) is 0 Å². The summed E-state index contributed by atoms with van der Waals surface area (Å²) in [7, 11) is 0. The Balaban J connectivity index is 2.71. The zero-order valence-electron chi connectivity index (χ0n) is 12.3. The molecule has 1 amide bonds. The Labute approximate surface area is 123 Å². The number of rotatable bonds is 4. The van der Waals surface area contributed by atoms with Crippen molar-refractivity contribution >= 4 is 17.4 Å². The minimum absolute atomic E-state index is 0.365. The summed E-state index contributed by atoms with van der Waals surface area (Å²) in [6, 6.07) is 5.75. The van der Waals surface area contributed by atoms with Crippen LogP contribution in [0.4, 0.5) is 4.79 Å². The highest BCUT2D eigenvalue weighted by molar-refractivity contribution is 7.12. The topological polar surface area (TPSA) is 88.1 Å². The molecule has 5 nitrogen and oxygen atoms in total. The van der Waals surface area contributed by atoms with E-state index in [0.29, 0.717) is 18.0 Å². The first-order valence-corrected chi connectivity index (χ1v) is 7.19. The smallest absolute Gasteiger partial charge is 0.407 e. The van der Waals surface area contributed by atoms with Crippen LogP contribution >= 0.6 is 11.3 Å². The van der Waals surface area contributed by atoms with Crippen molar-refractivity contribution < 1.29 is 9.53 Å². The molecule has 0 aliphatic carbocycles. The first-order valence-electron chi connectivity index (χ1n) is 6.37. The monoisotopic (exact) mass is 295 g/mol.